The Labute approximate surface area is 153 Å². The lowest BCUT2D eigenvalue weighted by atomic mass is 10.0. The largest absolute Gasteiger partial charge is 0.496 e. The molecule has 26 heavy (non-hydrogen) atoms. The van der Waals surface area contributed by atoms with Crippen LogP contribution in [-0.2, 0) is 0 Å². The highest BCUT2D eigenvalue weighted by molar-refractivity contribution is 6.01. The number of hydrogen-bond donors (Lipinski definition) is 1. The van der Waals surface area contributed by atoms with Crippen LogP contribution in [0.4, 0.5) is 0 Å². The number of rotatable bonds is 5. The first-order valence-electron chi connectivity index (χ1n) is 8.58. The predicted molar refractivity (Wildman–Crippen MR) is 106 cm³/mol. The van der Waals surface area contributed by atoms with Gasteiger partial charge >= 0.3 is 0 Å². The number of nitrogens with one attached hydrogen (secondary N) is 1. The van der Waals surface area contributed by atoms with Gasteiger partial charge in [-0.2, -0.15) is 5.10 Å². The summed E-state index contributed by atoms with van der Waals surface area (Å²) in [6.45, 7) is 4.31. The Morgan fingerprint density at radius 3 is 2.31 bits per heavy atom. The van der Waals surface area contributed by atoms with Gasteiger partial charge in [0.2, 0.25) is 0 Å². The summed E-state index contributed by atoms with van der Waals surface area (Å²) in [7, 11) is 1.56. The molecule has 0 unspecified atom stereocenters. The molecule has 0 bridgehead atoms. The van der Waals surface area contributed by atoms with Gasteiger partial charge in [-0.1, -0.05) is 62.4 Å². The van der Waals surface area contributed by atoms with Crippen molar-refractivity contribution in [3.05, 3.63) is 77.4 Å². The molecule has 4 heteroatoms. The second kappa shape index (κ2) is 7.83. The third kappa shape index (κ3) is 3.91. The highest BCUT2D eigenvalue weighted by Crippen LogP contribution is 2.25. The van der Waals surface area contributed by atoms with Gasteiger partial charge in [0.05, 0.1) is 18.9 Å². The lowest BCUT2D eigenvalue weighted by Crippen LogP contribution is -2.18. The summed E-state index contributed by atoms with van der Waals surface area (Å²) in [5.74, 6) is 0.710. The Hall–Kier alpha value is -3.14. The van der Waals surface area contributed by atoms with Crippen molar-refractivity contribution in [1.82, 2.24) is 5.43 Å². The van der Waals surface area contributed by atoms with Crippen molar-refractivity contribution in [3.8, 4) is 5.75 Å². The van der Waals surface area contributed by atoms with E-state index in [1.54, 1.807) is 13.3 Å². The molecule has 0 aliphatic carbocycles. The average Bonchev–Trinajstić information content (AvgIpc) is 2.67. The Balaban J connectivity index is 1.76. The van der Waals surface area contributed by atoms with Gasteiger partial charge in [0.1, 0.15) is 5.75 Å². The number of carbonyl (C=O) groups excluding carboxylic acids is 1. The van der Waals surface area contributed by atoms with Crippen LogP contribution >= 0.6 is 0 Å². The molecule has 132 valence electrons. The highest BCUT2D eigenvalue weighted by Gasteiger charge is 2.13. The molecular weight excluding hydrogens is 324 g/mol. The number of nitrogens with zero attached hydrogens (tertiary/aromatic N) is 1. The van der Waals surface area contributed by atoms with Crippen LogP contribution in [0.15, 0.2) is 65.8 Å². The van der Waals surface area contributed by atoms with Crippen LogP contribution in [0.5, 0.6) is 5.75 Å². The molecule has 0 atom stereocenters. The number of amides is 1. The fourth-order valence-electron chi connectivity index (χ4n) is 2.76. The van der Waals surface area contributed by atoms with Gasteiger partial charge in [0.25, 0.3) is 5.91 Å². The molecule has 4 nitrogen and oxygen atoms in total. The molecule has 0 fully saturated rings. The van der Waals surface area contributed by atoms with Crippen LogP contribution in [0, 0.1) is 0 Å². The summed E-state index contributed by atoms with van der Waals surface area (Å²) < 4.78 is 5.36. The number of carbonyl (C=O) groups is 1. The molecular formula is C22H22N2O2. The Kier molecular flexibility index (Phi) is 5.32. The first-order valence-corrected chi connectivity index (χ1v) is 8.58. The van der Waals surface area contributed by atoms with Crippen LogP contribution < -0.4 is 10.2 Å². The zero-order valence-corrected chi connectivity index (χ0v) is 15.2. The third-order valence-electron chi connectivity index (χ3n) is 4.30. The van der Waals surface area contributed by atoms with E-state index in [9.17, 15) is 4.79 Å². The van der Waals surface area contributed by atoms with Crippen LogP contribution in [0.25, 0.3) is 10.8 Å². The average molecular weight is 346 g/mol. The number of fused-ring (bicyclic) bond motifs is 1. The van der Waals surface area contributed by atoms with Crippen molar-refractivity contribution in [2.75, 3.05) is 7.11 Å². The third-order valence-corrected chi connectivity index (χ3v) is 4.30. The lowest BCUT2D eigenvalue weighted by molar-refractivity contribution is 0.0952. The second-order valence-electron chi connectivity index (χ2n) is 6.42. The molecule has 0 aliphatic rings. The summed E-state index contributed by atoms with van der Waals surface area (Å²) in [5, 5.41) is 6.07. The Morgan fingerprint density at radius 2 is 1.69 bits per heavy atom. The maximum Gasteiger partial charge on any atom is 0.275 e. The Morgan fingerprint density at radius 1 is 1.04 bits per heavy atom. The van der Waals surface area contributed by atoms with Gasteiger partial charge in [0, 0.05) is 0 Å². The molecule has 0 aliphatic heterocycles. The van der Waals surface area contributed by atoms with Crippen molar-refractivity contribution < 1.29 is 9.53 Å². The van der Waals surface area contributed by atoms with Gasteiger partial charge in [0.15, 0.2) is 0 Å². The monoisotopic (exact) mass is 346 g/mol. The second-order valence-corrected chi connectivity index (χ2v) is 6.42. The van der Waals surface area contributed by atoms with Crippen molar-refractivity contribution in [1.29, 1.82) is 0 Å². The van der Waals surface area contributed by atoms with Crippen molar-refractivity contribution in [2.45, 2.75) is 19.8 Å². The predicted octanol–water partition coefficient (Wildman–Crippen LogP) is 4.74. The quantitative estimate of drug-likeness (QED) is 0.536. The molecule has 3 aromatic carbocycles. The van der Waals surface area contributed by atoms with E-state index < -0.39 is 0 Å². The minimum absolute atomic E-state index is 0.303. The molecule has 0 spiro atoms. The molecule has 0 radical (unpaired) electrons. The summed E-state index contributed by atoms with van der Waals surface area (Å²) in [6, 6.07) is 19.6. The molecule has 0 aromatic heterocycles. The summed E-state index contributed by atoms with van der Waals surface area (Å²) >= 11 is 0. The zero-order chi connectivity index (χ0) is 18.5. The summed E-state index contributed by atoms with van der Waals surface area (Å²) in [4.78, 5) is 12.5. The van der Waals surface area contributed by atoms with Crippen LogP contribution in [0.1, 0.15) is 41.3 Å². The standard InChI is InChI=1S/C22H22N2O2/c1-15(2)17-10-8-16(9-11-17)14-23-24-22(25)20-12-18-6-4-5-7-19(18)13-21(20)26-3/h4-15H,1-3H3,(H,24,25). The summed E-state index contributed by atoms with van der Waals surface area (Å²) in [5.41, 5.74) is 5.23. The van der Waals surface area contributed by atoms with Gasteiger partial charge in [-0.05, 0) is 39.9 Å². The fraction of sp³-hybridized carbons (Fsp3) is 0.182. The number of ether oxygens (including phenoxy) is 1. The molecule has 3 aromatic rings. The smallest absolute Gasteiger partial charge is 0.275 e. The van der Waals surface area contributed by atoms with Gasteiger partial charge in [-0.15, -0.1) is 0 Å². The Bertz CT molecular complexity index is 944. The first-order chi connectivity index (χ1) is 12.6. The van der Waals surface area contributed by atoms with E-state index in [1.807, 2.05) is 48.5 Å². The lowest BCUT2D eigenvalue weighted by Gasteiger charge is -2.09. The number of methoxy groups -OCH3 is 1. The van der Waals surface area contributed by atoms with Gasteiger partial charge in [-0.25, -0.2) is 5.43 Å². The van der Waals surface area contributed by atoms with E-state index in [1.165, 1.54) is 5.56 Å². The molecule has 0 saturated heterocycles. The van der Waals surface area contributed by atoms with Crippen LogP contribution in [-0.4, -0.2) is 19.2 Å². The molecule has 0 saturated carbocycles. The first kappa shape index (κ1) is 17.7. The maximum atomic E-state index is 12.5. The van der Waals surface area contributed by atoms with Gasteiger partial charge < -0.3 is 4.74 Å². The minimum Gasteiger partial charge on any atom is -0.496 e. The fourth-order valence-corrected chi connectivity index (χ4v) is 2.76. The molecule has 3 rings (SSSR count). The minimum atomic E-state index is -0.303. The normalized spacial score (nSPS) is 11.2. The molecule has 0 heterocycles. The van der Waals surface area contributed by atoms with E-state index in [4.69, 9.17) is 4.74 Å². The molecule has 1 N–H and O–H groups in total. The van der Waals surface area contributed by atoms with E-state index >= 15 is 0 Å². The summed E-state index contributed by atoms with van der Waals surface area (Å²) in [6.07, 6.45) is 1.63. The van der Waals surface area contributed by atoms with E-state index in [0.29, 0.717) is 17.2 Å². The van der Waals surface area contributed by atoms with Crippen molar-refractivity contribution >= 4 is 22.9 Å². The number of hydrogen-bond acceptors (Lipinski definition) is 3. The van der Waals surface area contributed by atoms with E-state index in [0.717, 1.165) is 16.3 Å². The number of benzene rings is 3. The topological polar surface area (TPSA) is 50.7 Å². The van der Waals surface area contributed by atoms with Crippen molar-refractivity contribution in [2.24, 2.45) is 5.10 Å². The zero-order valence-electron chi connectivity index (χ0n) is 15.2. The number of hydrazone groups is 1. The SMILES string of the molecule is COc1cc2ccccc2cc1C(=O)NN=Cc1ccc(C(C)C)cc1. The highest BCUT2D eigenvalue weighted by atomic mass is 16.5. The van der Waals surface area contributed by atoms with Crippen LogP contribution in [0.3, 0.4) is 0 Å². The maximum absolute atomic E-state index is 12.5. The van der Waals surface area contributed by atoms with E-state index in [2.05, 4.69) is 36.5 Å². The molecule has 1 amide bonds. The van der Waals surface area contributed by atoms with E-state index in [-0.39, 0.29) is 5.91 Å². The van der Waals surface area contributed by atoms with Gasteiger partial charge in [-0.3, -0.25) is 4.79 Å². The van der Waals surface area contributed by atoms with Crippen molar-refractivity contribution in [3.63, 3.8) is 0 Å². The van der Waals surface area contributed by atoms with Crippen LogP contribution in [0.2, 0.25) is 0 Å².